The first-order valence-corrected chi connectivity index (χ1v) is 11.3. The van der Waals surface area contributed by atoms with Gasteiger partial charge in [-0.15, -0.1) is 0 Å². The molecule has 1 aromatic rings. The van der Waals surface area contributed by atoms with Gasteiger partial charge >= 0.3 is 0 Å². The molecule has 4 atom stereocenters. The Morgan fingerprint density at radius 1 is 1.41 bits per heavy atom. The maximum atomic E-state index is 13.4. The van der Waals surface area contributed by atoms with Crippen molar-refractivity contribution in [1.29, 1.82) is 0 Å². The van der Waals surface area contributed by atoms with E-state index < -0.39 is 10.8 Å². The highest BCUT2D eigenvalue weighted by Gasteiger charge is 2.64. The van der Waals surface area contributed by atoms with Gasteiger partial charge in [-0.3, -0.25) is 4.21 Å². The lowest BCUT2D eigenvalue weighted by atomic mass is 9.70. The van der Waals surface area contributed by atoms with Crippen molar-refractivity contribution in [3.63, 3.8) is 0 Å². The topological polar surface area (TPSA) is 46.5 Å². The molecule has 3 aliphatic rings. The first-order valence-electron chi connectivity index (χ1n) is 9.93. The molecule has 3 nitrogen and oxygen atoms in total. The summed E-state index contributed by atoms with van der Waals surface area (Å²) in [5.41, 5.74) is 3.14. The van der Waals surface area contributed by atoms with Crippen LogP contribution in [0.1, 0.15) is 50.7 Å². The van der Waals surface area contributed by atoms with E-state index in [0.29, 0.717) is 16.6 Å². The van der Waals surface area contributed by atoms with E-state index in [9.17, 15) is 9.32 Å². The van der Waals surface area contributed by atoms with Crippen LogP contribution in [0.3, 0.4) is 0 Å². The zero-order chi connectivity index (χ0) is 19.4. The highest BCUT2D eigenvalue weighted by molar-refractivity contribution is 7.89. The molecule has 0 unspecified atom stereocenters. The average molecular weight is 387 g/mol. The minimum atomic E-state index is -1.20. The van der Waals surface area contributed by atoms with Crippen LogP contribution in [0, 0.1) is 16.7 Å². The van der Waals surface area contributed by atoms with Gasteiger partial charge in [-0.25, -0.2) is 0 Å². The molecule has 3 aliphatic carbocycles. The Kier molecular flexibility index (Phi) is 4.63. The summed E-state index contributed by atoms with van der Waals surface area (Å²) >= 11 is 0. The number of aryl methyl sites for hydroxylation is 1. The second-order valence-corrected chi connectivity index (χ2v) is 10.4. The predicted octanol–water partition coefficient (Wildman–Crippen LogP) is 4.47. The number of fused-ring (bicyclic) bond motifs is 3. The number of aliphatic hydroxyl groups is 1. The molecule has 0 aliphatic heterocycles. The Balaban J connectivity index is 1.59. The molecule has 2 saturated carbocycles. The lowest BCUT2D eigenvalue weighted by molar-refractivity contribution is 0.0162. The van der Waals surface area contributed by atoms with Crippen molar-refractivity contribution in [1.82, 2.24) is 0 Å². The SMILES string of the molecule is C=C(C1=CCCc2cc(OC)ccc21)[S@@](=O)C[C@]12CC[C@H](C[C@H]1O)C2(C)C. The van der Waals surface area contributed by atoms with Crippen molar-refractivity contribution in [3.8, 4) is 5.75 Å². The van der Waals surface area contributed by atoms with Gasteiger partial charge in [0.15, 0.2) is 0 Å². The van der Waals surface area contributed by atoms with Crippen molar-refractivity contribution < 1.29 is 14.1 Å². The fourth-order valence-corrected chi connectivity index (χ4v) is 7.53. The van der Waals surface area contributed by atoms with Crippen molar-refractivity contribution in [2.24, 2.45) is 16.7 Å². The van der Waals surface area contributed by atoms with Crippen LogP contribution in [-0.4, -0.2) is 28.3 Å². The number of methoxy groups -OCH3 is 1. The minimum absolute atomic E-state index is 0.0363. The zero-order valence-electron chi connectivity index (χ0n) is 16.6. The number of allylic oxidation sites excluding steroid dienone is 2. The summed E-state index contributed by atoms with van der Waals surface area (Å²) in [7, 11) is 0.478. The van der Waals surface area contributed by atoms with E-state index in [4.69, 9.17) is 4.74 Å². The molecule has 2 bridgehead atoms. The molecule has 4 rings (SSSR count). The van der Waals surface area contributed by atoms with Crippen LogP contribution in [0.5, 0.6) is 5.75 Å². The summed E-state index contributed by atoms with van der Waals surface area (Å²) in [6, 6.07) is 6.08. The van der Waals surface area contributed by atoms with Gasteiger partial charge in [0.1, 0.15) is 5.75 Å². The van der Waals surface area contributed by atoms with Crippen LogP contribution in [0.25, 0.3) is 5.57 Å². The molecule has 146 valence electrons. The zero-order valence-corrected chi connectivity index (χ0v) is 17.4. The normalized spacial score (nSPS) is 31.9. The quantitative estimate of drug-likeness (QED) is 0.812. The summed E-state index contributed by atoms with van der Waals surface area (Å²) in [5.74, 6) is 1.91. The summed E-state index contributed by atoms with van der Waals surface area (Å²) in [4.78, 5) is 0.703. The smallest absolute Gasteiger partial charge is 0.119 e. The molecule has 1 N–H and O–H groups in total. The fraction of sp³-hybridized carbons (Fsp3) is 0.565. The van der Waals surface area contributed by atoms with Gasteiger partial charge in [-0.2, -0.15) is 0 Å². The first-order chi connectivity index (χ1) is 12.8. The number of hydrogen-bond donors (Lipinski definition) is 1. The van der Waals surface area contributed by atoms with E-state index in [-0.39, 0.29) is 16.9 Å². The lowest BCUT2D eigenvalue weighted by Crippen LogP contribution is -2.43. The molecule has 0 amide bonds. The Hall–Kier alpha value is -1.39. The Labute approximate surface area is 165 Å². The summed E-state index contributed by atoms with van der Waals surface area (Å²) in [6.45, 7) is 8.74. The summed E-state index contributed by atoms with van der Waals surface area (Å²) in [6.07, 6.45) is 6.67. The van der Waals surface area contributed by atoms with Crippen LogP contribution < -0.4 is 4.74 Å². The third-order valence-electron chi connectivity index (χ3n) is 7.72. The second-order valence-electron chi connectivity index (χ2n) is 8.96. The molecule has 2 fully saturated rings. The summed E-state index contributed by atoms with van der Waals surface area (Å²) in [5, 5.41) is 10.8. The monoisotopic (exact) mass is 386 g/mol. The van der Waals surface area contributed by atoms with Crippen molar-refractivity contribution >= 4 is 16.4 Å². The van der Waals surface area contributed by atoms with Crippen molar-refractivity contribution in [2.75, 3.05) is 12.9 Å². The number of aliphatic hydroxyl groups excluding tert-OH is 1. The second kappa shape index (κ2) is 6.59. The predicted molar refractivity (Wildman–Crippen MR) is 111 cm³/mol. The van der Waals surface area contributed by atoms with Crippen LogP contribution in [0.15, 0.2) is 35.8 Å². The minimum Gasteiger partial charge on any atom is -0.497 e. The summed E-state index contributed by atoms with van der Waals surface area (Å²) < 4.78 is 18.7. The van der Waals surface area contributed by atoms with E-state index in [2.05, 4.69) is 38.6 Å². The van der Waals surface area contributed by atoms with Crippen LogP contribution >= 0.6 is 0 Å². The number of ether oxygens (including phenoxy) is 1. The molecular weight excluding hydrogens is 356 g/mol. The van der Waals surface area contributed by atoms with Crippen LogP contribution in [0.4, 0.5) is 0 Å². The van der Waals surface area contributed by atoms with Crippen LogP contribution in [-0.2, 0) is 17.2 Å². The van der Waals surface area contributed by atoms with E-state index >= 15 is 0 Å². The highest BCUT2D eigenvalue weighted by Crippen LogP contribution is 2.66. The van der Waals surface area contributed by atoms with E-state index in [1.54, 1.807) is 7.11 Å². The molecule has 27 heavy (non-hydrogen) atoms. The van der Waals surface area contributed by atoms with Gasteiger partial charge in [0.05, 0.1) is 24.0 Å². The van der Waals surface area contributed by atoms with Crippen molar-refractivity contribution in [3.05, 3.63) is 46.9 Å². The van der Waals surface area contributed by atoms with Crippen LogP contribution in [0.2, 0.25) is 0 Å². The number of hydrogen-bond acceptors (Lipinski definition) is 3. The molecule has 0 heterocycles. The Morgan fingerprint density at radius 2 is 2.19 bits per heavy atom. The highest BCUT2D eigenvalue weighted by atomic mass is 32.2. The van der Waals surface area contributed by atoms with Gasteiger partial charge in [-0.1, -0.05) is 32.6 Å². The standard InChI is InChI=1S/C23H30O3S/c1-15(19-7-5-6-16-12-18(26-4)8-9-20(16)19)27(25)14-23-11-10-17(13-21(23)24)22(23,2)3/h7-9,12,17,21,24H,1,5-6,10-11,13-14H2,2-4H3/t17-,21-,23-,27+/m1/s1. The van der Waals surface area contributed by atoms with Gasteiger partial charge in [0, 0.05) is 16.1 Å². The van der Waals surface area contributed by atoms with Gasteiger partial charge in [0.25, 0.3) is 0 Å². The third kappa shape index (κ3) is 2.75. The fourth-order valence-electron chi connectivity index (χ4n) is 5.74. The largest absolute Gasteiger partial charge is 0.497 e. The average Bonchev–Trinajstić information content (AvgIpc) is 3.01. The Morgan fingerprint density at radius 3 is 2.81 bits per heavy atom. The molecule has 0 saturated heterocycles. The van der Waals surface area contributed by atoms with Gasteiger partial charge in [0.2, 0.25) is 0 Å². The molecule has 0 radical (unpaired) electrons. The maximum Gasteiger partial charge on any atom is 0.119 e. The van der Waals surface area contributed by atoms with Crippen molar-refractivity contribution in [2.45, 2.75) is 52.1 Å². The lowest BCUT2D eigenvalue weighted by Gasteiger charge is -2.40. The number of rotatable bonds is 5. The third-order valence-corrected chi connectivity index (χ3v) is 9.26. The van der Waals surface area contributed by atoms with E-state index in [1.807, 2.05) is 6.07 Å². The van der Waals surface area contributed by atoms with Gasteiger partial charge in [-0.05, 0) is 72.3 Å². The Bertz CT molecular complexity index is 838. The molecule has 0 spiro atoms. The van der Waals surface area contributed by atoms with E-state index in [1.165, 1.54) is 5.56 Å². The van der Waals surface area contributed by atoms with Gasteiger partial charge < -0.3 is 9.84 Å². The molecule has 4 heteroatoms. The first kappa shape index (κ1) is 18.9. The maximum absolute atomic E-state index is 13.4. The number of benzene rings is 1. The molecular formula is C23H30O3S. The molecule has 1 aromatic carbocycles. The van der Waals surface area contributed by atoms with E-state index in [0.717, 1.165) is 49.0 Å². The molecule has 0 aromatic heterocycles.